The Kier molecular flexibility index (Phi) is 7.04. The molecule has 0 aliphatic carbocycles. The van der Waals surface area contributed by atoms with Crippen LogP contribution < -0.4 is 4.90 Å². The van der Waals surface area contributed by atoms with Crippen LogP contribution in [0.5, 0.6) is 0 Å². The Morgan fingerprint density at radius 1 is 0.392 bits per heavy atom. The molecule has 2 aromatic heterocycles. The molecule has 0 N–H and O–H groups in total. The number of hydrogen-bond acceptors (Lipinski definition) is 3. The summed E-state index contributed by atoms with van der Waals surface area (Å²) in [6.07, 6.45) is 0. The van der Waals surface area contributed by atoms with Crippen molar-refractivity contribution < 1.29 is 4.42 Å². The molecule has 0 radical (unpaired) electrons. The molecule has 240 valence electrons. The molecule has 2 heterocycles. The van der Waals surface area contributed by atoms with Gasteiger partial charge >= 0.3 is 0 Å². The van der Waals surface area contributed by atoms with Crippen LogP contribution in [0.15, 0.2) is 192 Å². The van der Waals surface area contributed by atoms with Crippen LogP contribution in [-0.4, -0.2) is 0 Å². The first-order valence-electron chi connectivity index (χ1n) is 17.3. The van der Waals surface area contributed by atoms with E-state index in [1.807, 2.05) is 17.4 Å². The summed E-state index contributed by atoms with van der Waals surface area (Å²) in [6, 6.07) is 67.3. The summed E-state index contributed by atoms with van der Waals surface area (Å²) in [4.78, 5) is 2.34. The second-order valence-electron chi connectivity index (χ2n) is 12.9. The van der Waals surface area contributed by atoms with Gasteiger partial charge in [-0.15, -0.1) is 11.3 Å². The normalized spacial score (nSPS) is 11.5. The van der Waals surface area contributed by atoms with Gasteiger partial charge in [0.15, 0.2) is 5.58 Å². The molecule has 51 heavy (non-hydrogen) atoms. The molecule has 0 aliphatic heterocycles. The van der Waals surface area contributed by atoms with Gasteiger partial charge in [0.2, 0.25) is 0 Å². The average molecular weight is 670 g/mol. The Morgan fingerprint density at radius 3 is 1.84 bits per heavy atom. The molecule has 0 saturated carbocycles. The smallest absolute Gasteiger partial charge is 0.159 e. The zero-order valence-corrected chi connectivity index (χ0v) is 28.5. The third-order valence-corrected chi connectivity index (χ3v) is 11.0. The molecule has 0 spiro atoms. The zero-order valence-electron chi connectivity index (χ0n) is 27.7. The Morgan fingerprint density at radius 2 is 1.02 bits per heavy atom. The highest BCUT2D eigenvalue weighted by atomic mass is 32.1. The molecule has 0 bridgehead atoms. The lowest BCUT2D eigenvalue weighted by molar-refractivity contribution is 0.669. The summed E-state index contributed by atoms with van der Waals surface area (Å²) in [5, 5.41) is 4.83. The van der Waals surface area contributed by atoms with Crippen molar-refractivity contribution in [3.8, 4) is 33.4 Å². The van der Waals surface area contributed by atoms with Crippen LogP contribution in [0.3, 0.4) is 0 Å². The maximum atomic E-state index is 6.65. The molecular weight excluding hydrogens is 639 g/mol. The monoisotopic (exact) mass is 669 g/mol. The highest BCUT2D eigenvalue weighted by Gasteiger charge is 2.22. The summed E-state index contributed by atoms with van der Waals surface area (Å²) in [6.45, 7) is 0. The largest absolute Gasteiger partial charge is 0.454 e. The predicted molar refractivity (Wildman–Crippen MR) is 218 cm³/mol. The van der Waals surface area contributed by atoms with Gasteiger partial charge in [-0.2, -0.15) is 0 Å². The number of benzene rings is 8. The summed E-state index contributed by atoms with van der Waals surface area (Å²) in [5.41, 5.74) is 12.0. The first-order valence-corrected chi connectivity index (χ1v) is 18.1. The summed E-state index contributed by atoms with van der Waals surface area (Å²) in [5.74, 6) is 0. The molecule has 2 nitrogen and oxygen atoms in total. The molecule has 0 atom stereocenters. The standard InChI is InChI=1S/C48H31NOS/c1-3-13-32(14-4-1)33-25-27-35(28-26-33)49(43-21-11-20-40-38-17-7-9-22-44(38)50-48(40)43)36-29-30-37(42(31-36)34-15-5-2-6-16-34)39-19-12-24-46-47(39)41-18-8-10-23-45(41)51-46/h1-31H. The van der Waals surface area contributed by atoms with Crippen molar-refractivity contribution >= 4 is 70.5 Å². The lowest BCUT2D eigenvalue weighted by Gasteiger charge is -2.27. The summed E-state index contributed by atoms with van der Waals surface area (Å²) < 4.78 is 9.26. The van der Waals surface area contributed by atoms with E-state index >= 15 is 0 Å². The third kappa shape index (κ3) is 5.01. The van der Waals surface area contributed by atoms with E-state index in [9.17, 15) is 0 Å². The van der Waals surface area contributed by atoms with Crippen molar-refractivity contribution in [2.45, 2.75) is 0 Å². The van der Waals surface area contributed by atoms with Gasteiger partial charge in [-0.3, -0.25) is 0 Å². The quantitative estimate of drug-likeness (QED) is 0.175. The minimum absolute atomic E-state index is 0.866. The SMILES string of the molecule is c1ccc(-c2ccc(N(c3ccc(-c4cccc5sc6ccccc6c45)c(-c4ccccc4)c3)c3cccc4c3oc3ccccc34)cc2)cc1. The Bertz CT molecular complexity index is 2850. The van der Waals surface area contributed by atoms with Crippen LogP contribution in [0.4, 0.5) is 17.1 Å². The molecule has 0 aliphatic rings. The molecule has 8 aromatic carbocycles. The molecule has 10 aromatic rings. The molecular formula is C48H31NOS. The van der Waals surface area contributed by atoms with Crippen LogP contribution in [0.1, 0.15) is 0 Å². The lowest BCUT2D eigenvalue weighted by atomic mass is 9.91. The molecule has 0 amide bonds. The van der Waals surface area contributed by atoms with Gasteiger partial charge in [-0.05, 0) is 81.9 Å². The lowest BCUT2D eigenvalue weighted by Crippen LogP contribution is -2.10. The van der Waals surface area contributed by atoms with Crippen LogP contribution in [-0.2, 0) is 0 Å². The Hall–Kier alpha value is -6.42. The van der Waals surface area contributed by atoms with Crippen LogP contribution >= 0.6 is 11.3 Å². The van der Waals surface area contributed by atoms with E-state index in [2.05, 4.69) is 187 Å². The van der Waals surface area contributed by atoms with Crippen molar-refractivity contribution in [3.63, 3.8) is 0 Å². The van der Waals surface area contributed by atoms with Gasteiger partial charge in [0.25, 0.3) is 0 Å². The van der Waals surface area contributed by atoms with Crippen molar-refractivity contribution in [2.24, 2.45) is 0 Å². The Labute approximate surface area is 300 Å². The molecule has 3 heteroatoms. The van der Waals surface area contributed by atoms with E-state index in [1.54, 1.807) is 0 Å². The van der Waals surface area contributed by atoms with E-state index < -0.39 is 0 Å². The minimum Gasteiger partial charge on any atom is -0.454 e. The van der Waals surface area contributed by atoms with Gasteiger partial charge in [0.1, 0.15) is 5.58 Å². The molecule has 0 saturated heterocycles. The van der Waals surface area contributed by atoms with E-state index in [-0.39, 0.29) is 0 Å². The van der Waals surface area contributed by atoms with E-state index in [0.29, 0.717) is 0 Å². The average Bonchev–Trinajstić information content (AvgIpc) is 3.78. The fraction of sp³-hybridized carbons (Fsp3) is 0. The first-order chi connectivity index (χ1) is 25.3. The van der Waals surface area contributed by atoms with Crippen molar-refractivity contribution in [1.29, 1.82) is 0 Å². The zero-order chi connectivity index (χ0) is 33.7. The predicted octanol–water partition coefficient (Wildman–Crippen LogP) is 14.4. The van der Waals surface area contributed by atoms with Gasteiger partial charge in [-0.1, -0.05) is 140 Å². The number of anilines is 3. The van der Waals surface area contributed by atoms with E-state index in [0.717, 1.165) is 39.0 Å². The van der Waals surface area contributed by atoms with Crippen molar-refractivity contribution in [3.05, 3.63) is 188 Å². The first kappa shape index (κ1) is 29.5. The number of fused-ring (bicyclic) bond motifs is 6. The second kappa shape index (κ2) is 12.2. The number of furan rings is 1. The highest BCUT2D eigenvalue weighted by Crippen LogP contribution is 2.47. The number of para-hydroxylation sites is 2. The van der Waals surface area contributed by atoms with Gasteiger partial charge in [0.05, 0.1) is 5.69 Å². The minimum atomic E-state index is 0.866. The van der Waals surface area contributed by atoms with E-state index in [4.69, 9.17) is 4.42 Å². The van der Waals surface area contributed by atoms with Gasteiger partial charge < -0.3 is 9.32 Å². The molecule has 0 fully saturated rings. The van der Waals surface area contributed by atoms with Crippen LogP contribution in [0, 0.1) is 0 Å². The maximum Gasteiger partial charge on any atom is 0.159 e. The number of thiophene rings is 1. The summed E-state index contributed by atoms with van der Waals surface area (Å²) >= 11 is 1.86. The van der Waals surface area contributed by atoms with Crippen LogP contribution in [0.2, 0.25) is 0 Å². The molecule has 0 unspecified atom stereocenters. The Balaban J connectivity index is 1.22. The fourth-order valence-electron chi connectivity index (χ4n) is 7.53. The van der Waals surface area contributed by atoms with Crippen molar-refractivity contribution in [2.75, 3.05) is 4.90 Å². The van der Waals surface area contributed by atoms with Gasteiger partial charge in [0, 0.05) is 42.3 Å². The van der Waals surface area contributed by atoms with Crippen molar-refractivity contribution in [1.82, 2.24) is 0 Å². The molecule has 10 rings (SSSR count). The number of hydrogen-bond donors (Lipinski definition) is 0. The van der Waals surface area contributed by atoms with E-state index in [1.165, 1.54) is 53.6 Å². The highest BCUT2D eigenvalue weighted by molar-refractivity contribution is 7.25. The topological polar surface area (TPSA) is 16.4 Å². The fourth-order valence-corrected chi connectivity index (χ4v) is 8.66. The number of nitrogens with zero attached hydrogens (tertiary/aromatic N) is 1. The van der Waals surface area contributed by atoms with Crippen LogP contribution in [0.25, 0.3) is 75.5 Å². The second-order valence-corrected chi connectivity index (χ2v) is 14.0. The third-order valence-electron chi connectivity index (χ3n) is 9.90. The number of rotatable bonds is 6. The maximum absolute atomic E-state index is 6.65. The van der Waals surface area contributed by atoms with Gasteiger partial charge in [-0.25, -0.2) is 0 Å². The summed E-state index contributed by atoms with van der Waals surface area (Å²) in [7, 11) is 0.